The van der Waals surface area contributed by atoms with Crippen LogP contribution in [0.15, 0.2) is 26.7 Å². The van der Waals surface area contributed by atoms with Gasteiger partial charge in [-0.1, -0.05) is 17.8 Å². The molecule has 0 aromatic carbocycles. The van der Waals surface area contributed by atoms with Gasteiger partial charge in [-0.05, 0) is 30.9 Å². The zero-order chi connectivity index (χ0) is 12.4. The van der Waals surface area contributed by atoms with Gasteiger partial charge in [0, 0.05) is 0 Å². The van der Waals surface area contributed by atoms with Gasteiger partial charge in [-0.25, -0.2) is 0 Å². The molecule has 0 fully saturated rings. The Morgan fingerprint density at radius 1 is 1.41 bits per heavy atom. The molecule has 88 valence electrons. The Kier molecular flexibility index (Phi) is 3.44. The molecule has 0 aliphatic heterocycles. The van der Waals surface area contributed by atoms with Gasteiger partial charge in [0.25, 0.3) is 0 Å². The number of hydrogen-bond donors (Lipinski definition) is 2. The first kappa shape index (κ1) is 12.1. The number of amidine groups is 1. The predicted octanol–water partition coefficient (Wildman–Crippen LogP) is 2.59. The van der Waals surface area contributed by atoms with Crippen molar-refractivity contribution >= 4 is 28.9 Å². The molecular weight excluding hydrogens is 252 g/mol. The highest BCUT2D eigenvalue weighted by Gasteiger charge is 2.15. The lowest BCUT2D eigenvalue weighted by Gasteiger charge is -2.09. The van der Waals surface area contributed by atoms with Crippen LogP contribution in [0, 0.1) is 19.3 Å². The minimum Gasteiger partial charge on any atom is -0.384 e. The second-order valence-electron chi connectivity index (χ2n) is 3.54. The third-order valence-electron chi connectivity index (χ3n) is 2.38. The van der Waals surface area contributed by atoms with Crippen LogP contribution in [0.5, 0.6) is 0 Å². The molecule has 0 radical (unpaired) electrons. The summed E-state index contributed by atoms with van der Waals surface area (Å²) in [5, 5.41) is 18.6. The Morgan fingerprint density at radius 2 is 2.18 bits per heavy atom. The van der Waals surface area contributed by atoms with Crippen LogP contribution in [0.25, 0.3) is 0 Å². The van der Waals surface area contributed by atoms with Gasteiger partial charge < -0.3 is 5.73 Å². The van der Waals surface area contributed by atoms with Crippen molar-refractivity contribution in [2.45, 2.75) is 23.1 Å². The van der Waals surface area contributed by atoms with Crippen LogP contribution in [0.3, 0.4) is 0 Å². The molecule has 0 amide bonds. The van der Waals surface area contributed by atoms with Crippen LogP contribution in [-0.4, -0.2) is 16.0 Å². The molecule has 0 bridgehead atoms. The minimum atomic E-state index is 0.0413. The van der Waals surface area contributed by atoms with Gasteiger partial charge >= 0.3 is 0 Å². The molecule has 0 aliphatic rings. The van der Waals surface area contributed by atoms with E-state index in [2.05, 4.69) is 10.2 Å². The van der Waals surface area contributed by atoms with Crippen LogP contribution in [0.4, 0.5) is 0 Å². The van der Waals surface area contributed by atoms with E-state index in [9.17, 15) is 0 Å². The van der Waals surface area contributed by atoms with Crippen molar-refractivity contribution in [1.29, 1.82) is 5.41 Å². The lowest BCUT2D eigenvalue weighted by Crippen LogP contribution is -2.16. The normalized spacial score (nSPS) is 10.5. The topological polar surface area (TPSA) is 75.7 Å². The lowest BCUT2D eigenvalue weighted by molar-refractivity contribution is 0.873. The fraction of sp³-hybridized carbons (Fsp3) is 0.182. The van der Waals surface area contributed by atoms with E-state index < -0.39 is 0 Å². The first-order valence-corrected chi connectivity index (χ1v) is 6.69. The Hall–Kier alpha value is -1.40. The molecule has 6 heteroatoms. The first-order valence-electron chi connectivity index (χ1n) is 4.99. The molecule has 17 heavy (non-hydrogen) atoms. The largest absolute Gasteiger partial charge is 0.384 e. The fourth-order valence-electron chi connectivity index (χ4n) is 1.39. The SMILES string of the molecule is Cc1nnc(Sc2cccs2)c(C(=N)N)c1C. The number of nitrogens with two attached hydrogens (primary N) is 1. The van der Waals surface area contributed by atoms with Gasteiger partial charge in [0.05, 0.1) is 15.5 Å². The third kappa shape index (κ3) is 2.48. The Labute approximate surface area is 108 Å². The van der Waals surface area contributed by atoms with Crippen molar-refractivity contribution in [3.8, 4) is 0 Å². The predicted molar refractivity (Wildman–Crippen MR) is 71.0 cm³/mol. The van der Waals surface area contributed by atoms with Crippen LogP contribution >= 0.6 is 23.1 Å². The van der Waals surface area contributed by atoms with Gasteiger partial charge in [0.2, 0.25) is 0 Å². The lowest BCUT2D eigenvalue weighted by atomic mass is 10.1. The summed E-state index contributed by atoms with van der Waals surface area (Å²) in [5.74, 6) is 0.0413. The van der Waals surface area contributed by atoms with E-state index in [0.29, 0.717) is 10.6 Å². The summed E-state index contributed by atoms with van der Waals surface area (Å²) in [6.07, 6.45) is 0. The van der Waals surface area contributed by atoms with Gasteiger partial charge in [-0.3, -0.25) is 5.41 Å². The van der Waals surface area contributed by atoms with Crippen molar-refractivity contribution in [3.05, 3.63) is 34.3 Å². The summed E-state index contributed by atoms with van der Waals surface area (Å²) < 4.78 is 1.12. The maximum Gasteiger partial charge on any atom is 0.136 e. The standard InChI is InChI=1S/C11H12N4S2/c1-6-7(2)14-15-11(9(6)10(12)13)17-8-4-3-5-16-8/h3-5H,1-2H3,(H3,12,13). The van der Waals surface area contributed by atoms with Crippen LogP contribution in [0.1, 0.15) is 16.8 Å². The van der Waals surface area contributed by atoms with E-state index in [1.807, 2.05) is 31.4 Å². The van der Waals surface area contributed by atoms with Gasteiger partial charge in [-0.2, -0.15) is 5.10 Å². The molecule has 2 heterocycles. The van der Waals surface area contributed by atoms with E-state index in [1.165, 1.54) is 11.8 Å². The molecule has 0 unspecified atom stereocenters. The molecular formula is C11H12N4S2. The molecule has 3 N–H and O–H groups in total. The van der Waals surface area contributed by atoms with Crippen molar-refractivity contribution in [3.63, 3.8) is 0 Å². The molecule has 2 aromatic rings. The Balaban J connectivity index is 2.47. The third-order valence-corrected chi connectivity index (χ3v) is 4.40. The number of nitrogens with zero attached hydrogens (tertiary/aromatic N) is 2. The molecule has 0 saturated carbocycles. The molecule has 0 saturated heterocycles. The molecule has 0 aliphatic carbocycles. The minimum absolute atomic E-state index is 0.0413. The number of thiophene rings is 1. The molecule has 2 aromatic heterocycles. The second kappa shape index (κ2) is 4.85. The van der Waals surface area contributed by atoms with Crippen molar-refractivity contribution < 1.29 is 0 Å². The summed E-state index contributed by atoms with van der Waals surface area (Å²) in [6, 6.07) is 3.99. The van der Waals surface area contributed by atoms with Crippen LogP contribution < -0.4 is 5.73 Å². The van der Waals surface area contributed by atoms with E-state index in [-0.39, 0.29) is 5.84 Å². The van der Waals surface area contributed by atoms with E-state index in [4.69, 9.17) is 11.1 Å². The summed E-state index contributed by atoms with van der Waals surface area (Å²) in [4.78, 5) is 0. The average molecular weight is 264 g/mol. The smallest absolute Gasteiger partial charge is 0.136 e. The molecule has 0 atom stereocenters. The number of aryl methyl sites for hydroxylation is 1. The van der Waals surface area contributed by atoms with Crippen LogP contribution in [0.2, 0.25) is 0 Å². The molecule has 0 spiro atoms. The van der Waals surface area contributed by atoms with Crippen molar-refractivity contribution in [2.24, 2.45) is 5.73 Å². The number of hydrogen-bond acceptors (Lipinski definition) is 5. The van der Waals surface area contributed by atoms with Crippen molar-refractivity contribution in [1.82, 2.24) is 10.2 Å². The quantitative estimate of drug-likeness (QED) is 0.660. The highest BCUT2D eigenvalue weighted by Crippen LogP contribution is 2.32. The van der Waals surface area contributed by atoms with Gasteiger partial charge in [0.1, 0.15) is 10.9 Å². The maximum atomic E-state index is 7.64. The highest BCUT2D eigenvalue weighted by atomic mass is 32.2. The van der Waals surface area contributed by atoms with E-state index in [1.54, 1.807) is 11.3 Å². The van der Waals surface area contributed by atoms with Crippen molar-refractivity contribution in [2.75, 3.05) is 0 Å². The van der Waals surface area contributed by atoms with Gasteiger partial charge in [-0.15, -0.1) is 16.4 Å². The zero-order valence-corrected chi connectivity index (χ0v) is 11.2. The van der Waals surface area contributed by atoms with E-state index in [0.717, 1.165) is 15.5 Å². The zero-order valence-electron chi connectivity index (χ0n) is 9.52. The Bertz CT molecular complexity index is 549. The first-order chi connectivity index (χ1) is 8.09. The number of nitrogen functional groups attached to an aromatic ring is 1. The summed E-state index contributed by atoms with van der Waals surface area (Å²) in [6.45, 7) is 3.79. The molecule has 4 nitrogen and oxygen atoms in total. The number of nitrogens with one attached hydrogen (secondary N) is 1. The molecule has 2 rings (SSSR count). The second-order valence-corrected chi connectivity index (χ2v) is 5.78. The maximum absolute atomic E-state index is 7.64. The summed E-state index contributed by atoms with van der Waals surface area (Å²) >= 11 is 3.13. The fourth-order valence-corrected chi connectivity index (χ4v) is 3.22. The monoisotopic (exact) mass is 264 g/mol. The number of rotatable bonds is 3. The summed E-state index contributed by atoms with van der Waals surface area (Å²) in [7, 11) is 0. The highest BCUT2D eigenvalue weighted by molar-refractivity contribution is 8.01. The van der Waals surface area contributed by atoms with Gasteiger partial charge in [0.15, 0.2) is 0 Å². The number of aromatic nitrogens is 2. The van der Waals surface area contributed by atoms with Crippen LogP contribution in [-0.2, 0) is 0 Å². The average Bonchev–Trinajstić information content (AvgIpc) is 2.76. The van der Waals surface area contributed by atoms with E-state index >= 15 is 0 Å². The summed E-state index contributed by atoms with van der Waals surface area (Å²) in [5.41, 5.74) is 8.04. The Morgan fingerprint density at radius 3 is 2.76 bits per heavy atom.